The normalized spacial score (nSPS) is 18.9. The van der Waals surface area contributed by atoms with Gasteiger partial charge in [-0.3, -0.25) is 14.4 Å². The number of benzene rings is 1. The van der Waals surface area contributed by atoms with E-state index in [0.717, 1.165) is 18.4 Å². The molecule has 0 aliphatic carbocycles. The fourth-order valence-electron chi connectivity index (χ4n) is 4.72. The molecule has 33 heavy (non-hydrogen) atoms. The first-order valence-corrected chi connectivity index (χ1v) is 11.7. The van der Waals surface area contributed by atoms with Gasteiger partial charge in [0.15, 0.2) is 5.82 Å². The van der Waals surface area contributed by atoms with Gasteiger partial charge in [0, 0.05) is 45.2 Å². The number of piperidine rings is 1. The third kappa shape index (κ3) is 5.21. The fourth-order valence-corrected chi connectivity index (χ4v) is 4.72. The molecule has 1 N–H and O–H groups in total. The molecule has 1 aromatic heterocycles. The first-order chi connectivity index (χ1) is 15.9. The van der Waals surface area contributed by atoms with Gasteiger partial charge >= 0.3 is 0 Å². The molecule has 4 rings (SSSR count). The van der Waals surface area contributed by atoms with E-state index in [2.05, 4.69) is 15.3 Å². The lowest BCUT2D eigenvalue weighted by atomic mass is 9.95. The summed E-state index contributed by atoms with van der Waals surface area (Å²) in [5.74, 6) is 0.521. The van der Waals surface area contributed by atoms with Gasteiger partial charge < -0.3 is 15.1 Å². The summed E-state index contributed by atoms with van der Waals surface area (Å²) in [6.45, 7) is 5.77. The van der Waals surface area contributed by atoms with E-state index in [1.807, 2.05) is 35.2 Å². The van der Waals surface area contributed by atoms with Gasteiger partial charge in [0.1, 0.15) is 0 Å². The van der Waals surface area contributed by atoms with Crippen molar-refractivity contribution in [1.82, 2.24) is 25.1 Å². The summed E-state index contributed by atoms with van der Waals surface area (Å²) in [5, 5.41) is 2.92. The zero-order chi connectivity index (χ0) is 23.4. The summed E-state index contributed by atoms with van der Waals surface area (Å²) in [4.78, 5) is 50.3. The van der Waals surface area contributed by atoms with Crippen molar-refractivity contribution in [2.45, 2.75) is 52.1 Å². The van der Waals surface area contributed by atoms with Crippen LogP contribution in [0.1, 0.15) is 66.1 Å². The van der Waals surface area contributed by atoms with E-state index in [4.69, 9.17) is 0 Å². The zero-order valence-electron chi connectivity index (χ0n) is 19.3. The van der Waals surface area contributed by atoms with E-state index in [-0.39, 0.29) is 29.7 Å². The Balaban J connectivity index is 1.40. The average molecular weight is 450 g/mol. The van der Waals surface area contributed by atoms with Crippen LogP contribution in [0.25, 0.3) is 0 Å². The number of nitrogens with one attached hydrogen (secondary N) is 1. The topological polar surface area (TPSA) is 95.5 Å². The standard InChI is InChI=1S/C25H31N5O3/c1-17-21(24(32)27-15-19-7-4-3-5-8-19)16-26-23(28-17)22-9-6-12-30(22)25(33)20-10-13-29(14-11-20)18(2)31/h3-5,7-8,16,20,22H,6,9-15H2,1-2H3,(H,27,32). The Morgan fingerprint density at radius 3 is 2.45 bits per heavy atom. The Labute approximate surface area is 194 Å². The third-order valence-electron chi connectivity index (χ3n) is 6.66. The Bertz CT molecular complexity index is 1020. The summed E-state index contributed by atoms with van der Waals surface area (Å²) in [5.41, 5.74) is 2.08. The van der Waals surface area contributed by atoms with Gasteiger partial charge in [-0.1, -0.05) is 30.3 Å². The molecule has 8 nitrogen and oxygen atoms in total. The second-order valence-corrected chi connectivity index (χ2v) is 8.87. The number of hydrogen-bond acceptors (Lipinski definition) is 5. The molecule has 0 saturated carbocycles. The number of carbonyl (C=O) groups is 3. The van der Waals surface area contributed by atoms with Crippen LogP contribution in [0.2, 0.25) is 0 Å². The lowest BCUT2D eigenvalue weighted by Gasteiger charge is -2.34. The van der Waals surface area contributed by atoms with Crippen molar-refractivity contribution in [2.75, 3.05) is 19.6 Å². The zero-order valence-corrected chi connectivity index (χ0v) is 19.3. The Kier molecular flexibility index (Phi) is 7.01. The molecular formula is C25H31N5O3. The first kappa shape index (κ1) is 22.9. The monoisotopic (exact) mass is 449 g/mol. The van der Waals surface area contributed by atoms with Crippen molar-refractivity contribution in [3.63, 3.8) is 0 Å². The Hall–Kier alpha value is -3.29. The number of amides is 3. The Morgan fingerprint density at radius 2 is 1.79 bits per heavy atom. The molecule has 3 heterocycles. The number of nitrogens with zero attached hydrogens (tertiary/aromatic N) is 4. The summed E-state index contributed by atoms with van der Waals surface area (Å²) in [7, 11) is 0. The minimum absolute atomic E-state index is 0.0645. The second-order valence-electron chi connectivity index (χ2n) is 8.87. The first-order valence-electron chi connectivity index (χ1n) is 11.7. The highest BCUT2D eigenvalue weighted by atomic mass is 16.2. The molecule has 2 aliphatic heterocycles. The predicted molar refractivity (Wildman–Crippen MR) is 123 cm³/mol. The smallest absolute Gasteiger partial charge is 0.254 e. The second kappa shape index (κ2) is 10.1. The average Bonchev–Trinajstić information content (AvgIpc) is 3.32. The molecule has 2 aromatic rings. The van der Waals surface area contributed by atoms with Gasteiger partial charge in [-0.05, 0) is 38.2 Å². The predicted octanol–water partition coefficient (Wildman–Crippen LogP) is 2.64. The van der Waals surface area contributed by atoms with Gasteiger partial charge in [-0.25, -0.2) is 9.97 Å². The number of aryl methyl sites for hydroxylation is 1. The van der Waals surface area contributed by atoms with Gasteiger partial charge in [0.25, 0.3) is 5.91 Å². The molecule has 1 aromatic carbocycles. The molecule has 3 amide bonds. The van der Waals surface area contributed by atoms with Crippen LogP contribution in [0.3, 0.4) is 0 Å². The summed E-state index contributed by atoms with van der Waals surface area (Å²) >= 11 is 0. The number of rotatable bonds is 5. The van der Waals surface area contributed by atoms with Crippen LogP contribution in [0.5, 0.6) is 0 Å². The molecule has 2 saturated heterocycles. The molecule has 0 bridgehead atoms. The van der Waals surface area contributed by atoms with Crippen molar-refractivity contribution in [2.24, 2.45) is 5.92 Å². The van der Waals surface area contributed by atoms with E-state index >= 15 is 0 Å². The van der Waals surface area contributed by atoms with Crippen LogP contribution in [-0.4, -0.2) is 57.1 Å². The number of aromatic nitrogens is 2. The third-order valence-corrected chi connectivity index (χ3v) is 6.66. The lowest BCUT2D eigenvalue weighted by molar-refractivity contribution is -0.141. The Morgan fingerprint density at radius 1 is 1.06 bits per heavy atom. The summed E-state index contributed by atoms with van der Waals surface area (Å²) in [6.07, 6.45) is 4.69. The maximum atomic E-state index is 13.2. The SMILES string of the molecule is CC(=O)N1CCC(C(=O)N2CCCC2c2ncc(C(=O)NCc3ccccc3)c(C)n2)CC1. The molecule has 2 fully saturated rings. The van der Waals surface area contributed by atoms with E-state index in [0.29, 0.717) is 56.1 Å². The van der Waals surface area contributed by atoms with Crippen LogP contribution in [0, 0.1) is 12.8 Å². The maximum Gasteiger partial charge on any atom is 0.254 e. The van der Waals surface area contributed by atoms with Crippen LogP contribution in [0.15, 0.2) is 36.5 Å². The van der Waals surface area contributed by atoms with Crippen molar-refractivity contribution < 1.29 is 14.4 Å². The number of carbonyl (C=O) groups excluding carboxylic acids is 3. The van der Waals surface area contributed by atoms with Crippen LogP contribution in [0.4, 0.5) is 0 Å². The molecule has 0 radical (unpaired) electrons. The van der Waals surface area contributed by atoms with Crippen molar-refractivity contribution in [1.29, 1.82) is 0 Å². The lowest BCUT2D eigenvalue weighted by Crippen LogP contribution is -2.43. The van der Waals surface area contributed by atoms with Crippen molar-refractivity contribution in [3.8, 4) is 0 Å². The summed E-state index contributed by atoms with van der Waals surface area (Å²) in [6, 6.07) is 9.57. The summed E-state index contributed by atoms with van der Waals surface area (Å²) < 4.78 is 0. The van der Waals surface area contributed by atoms with Gasteiger partial charge in [-0.2, -0.15) is 0 Å². The molecule has 8 heteroatoms. The van der Waals surface area contributed by atoms with Crippen molar-refractivity contribution >= 4 is 17.7 Å². The molecule has 1 unspecified atom stereocenters. The van der Waals surface area contributed by atoms with E-state index < -0.39 is 0 Å². The fraction of sp³-hybridized carbons (Fsp3) is 0.480. The molecule has 0 spiro atoms. The molecule has 2 aliphatic rings. The molecule has 174 valence electrons. The highest BCUT2D eigenvalue weighted by Crippen LogP contribution is 2.33. The van der Waals surface area contributed by atoms with Gasteiger partial charge in [0.05, 0.1) is 17.3 Å². The minimum atomic E-state index is -0.209. The molecular weight excluding hydrogens is 418 g/mol. The maximum absolute atomic E-state index is 13.2. The number of hydrogen-bond donors (Lipinski definition) is 1. The quantitative estimate of drug-likeness (QED) is 0.757. The van der Waals surface area contributed by atoms with E-state index in [1.165, 1.54) is 0 Å². The molecule has 1 atom stereocenters. The minimum Gasteiger partial charge on any atom is -0.348 e. The largest absolute Gasteiger partial charge is 0.348 e. The van der Waals surface area contributed by atoms with Crippen LogP contribution < -0.4 is 5.32 Å². The van der Waals surface area contributed by atoms with Crippen LogP contribution in [-0.2, 0) is 16.1 Å². The van der Waals surface area contributed by atoms with Gasteiger partial charge in [0.2, 0.25) is 11.8 Å². The van der Waals surface area contributed by atoms with Gasteiger partial charge in [-0.15, -0.1) is 0 Å². The van der Waals surface area contributed by atoms with E-state index in [9.17, 15) is 14.4 Å². The van der Waals surface area contributed by atoms with E-state index in [1.54, 1.807) is 24.9 Å². The highest BCUT2D eigenvalue weighted by molar-refractivity contribution is 5.94. The number of likely N-dealkylation sites (tertiary alicyclic amines) is 2. The highest BCUT2D eigenvalue weighted by Gasteiger charge is 2.37. The van der Waals surface area contributed by atoms with Crippen LogP contribution >= 0.6 is 0 Å². The van der Waals surface area contributed by atoms with Crippen molar-refractivity contribution in [3.05, 3.63) is 59.2 Å².